The van der Waals surface area contributed by atoms with Crippen molar-refractivity contribution >= 4 is 5.97 Å². The summed E-state index contributed by atoms with van der Waals surface area (Å²) in [5, 5.41) is 9.03. The van der Waals surface area contributed by atoms with E-state index in [2.05, 4.69) is 11.3 Å². The molecule has 0 aliphatic rings. The first-order chi connectivity index (χ1) is 4.63. The highest BCUT2D eigenvalue weighted by Gasteiger charge is 2.13. The zero-order valence-corrected chi connectivity index (χ0v) is 6.26. The second kappa shape index (κ2) is 4.06. The Morgan fingerprint density at radius 2 is 2.30 bits per heavy atom. The van der Waals surface area contributed by atoms with Crippen LogP contribution in [0.4, 0.5) is 0 Å². The van der Waals surface area contributed by atoms with Crippen molar-refractivity contribution in [1.82, 2.24) is 0 Å². The second-order valence-corrected chi connectivity index (χ2v) is 1.94. The van der Waals surface area contributed by atoms with Crippen molar-refractivity contribution in [2.45, 2.75) is 19.4 Å². The number of hydrogen-bond donors (Lipinski definition) is 1. The van der Waals surface area contributed by atoms with Crippen LogP contribution in [0.3, 0.4) is 0 Å². The highest BCUT2D eigenvalue weighted by atomic mass is 16.5. The summed E-state index contributed by atoms with van der Waals surface area (Å²) in [6.07, 6.45) is -0.291. The van der Waals surface area contributed by atoms with E-state index in [0.29, 0.717) is 6.42 Å². The fourth-order valence-corrected chi connectivity index (χ4v) is 0.514. The number of ether oxygens (including phenoxy) is 1. The summed E-state index contributed by atoms with van der Waals surface area (Å²) in [6, 6.07) is 0. The van der Waals surface area contributed by atoms with Gasteiger partial charge in [-0.3, -0.25) is 0 Å². The molecule has 0 aliphatic carbocycles. The molecule has 0 heterocycles. The minimum atomic E-state index is -0.771. The van der Waals surface area contributed by atoms with Crippen LogP contribution in [0.2, 0.25) is 0 Å². The highest BCUT2D eigenvalue weighted by Crippen LogP contribution is 2.04. The standard InChI is InChI=1S/C7H12O3/c1-4-6(8)5(2)7(9)10-3/h6,8H,2,4H2,1,3H3/t6-/m1/s1. The van der Waals surface area contributed by atoms with Crippen molar-refractivity contribution in [1.29, 1.82) is 0 Å². The van der Waals surface area contributed by atoms with Crippen molar-refractivity contribution in [3.05, 3.63) is 12.2 Å². The first-order valence-electron chi connectivity index (χ1n) is 3.08. The molecule has 10 heavy (non-hydrogen) atoms. The van der Waals surface area contributed by atoms with Crippen LogP contribution in [0.1, 0.15) is 13.3 Å². The summed E-state index contributed by atoms with van der Waals surface area (Å²) in [7, 11) is 1.26. The lowest BCUT2D eigenvalue weighted by Gasteiger charge is -2.07. The number of methoxy groups -OCH3 is 1. The minimum Gasteiger partial charge on any atom is -0.466 e. The van der Waals surface area contributed by atoms with Gasteiger partial charge < -0.3 is 9.84 Å². The van der Waals surface area contributed by atoms with Crippen LogP contribution >= 0.6 is 0 Å². The van der Waals surface area contributed by atoms with Crippen LogP contribution in [0, 0.1) is 0 Å². The molecule has 3 heteroatoms. The maximum absolute atomic E-state index is 10.6. The molecule has 0 fully saturated rings. The van der Waals surface area contributed by atoms with Gasteiger partial charge in [0.25, 0.3) is 0 Å². The molecule has 3 nitrogen and oxygen atoms in total. The van der Waals surface area contributed by atoms with Crippen LogP contribution in [0.25, 0.3) is 0 Å². The fraction of sp³-hybridized carbons (Fsp3) is 0.571. The van der Waals surface area contributed by atoms with Crippen molar-refractivity contribution in [3.8, 4) is 0 Å². The molecule has 0 aromatic heterocycles. The van der Waals surface area contributed by atoms with Gasteiger partial charge in [-0.1, -0.05) is 13.5 Å². The molecule has 0 amide bonds. The first kappa shape index (κ1) is 9.17. The molecule has 0 saturated heterocycles. The lowest BCUT2D eigenvalue weighted by molar-refractivity contribution is -0.137. The van der Waals surface area contributed by atoms with Gasteiger partial charge in [-0.05, 0) is 6.42 Å². The quantitative estimate of drug-likeness (QED) is 0.463. The molecular formula is C7H12O3. The van der Waals surface area contributed by atoms with Gasteiger partial charge in [0.2, 0.25) is 0 Å². The predicted octanol–water partition coefficient (Wildman–Crippen LogP) is 0.486. The monoisotopic (exact) mass is 144 g/mol. The normalized spacial score (nSPS) is 12.3. The highest BCUT2D eigenvalue weighted by molar-refractivity contribution is 5.88. The fourth-order valence-electron chi connectivity index (χ4n) is 0.514. The maximum Gasteiger partial charge on any atom is 0.335 e. The van der Waals surface area contributed by atoms with Crippen LogP contribution < -0.4 is 0 Å². The molecule has 0 radical (unpaired) electrons. The van der Waals surface area contributed by atoms with Crippen LogP contribution in [0.5, 0.6) is 0 Å². The third-order valence-electron chi connectivity index (χ3n) is 1.24. The van der Waals surface area contributed by atoms with Gasteiger partial charge in [0.15, 0.2) is 0 Å². The summed E-state index contributed by atoms with van der Waals surface area (Å²) in [5.74, 6) is -0.547. The molecular weight excluding hydrogens is 132 g/mol. The van der Waals surface area contributed by atoms with Gasteiger partial charge in [-0.15, -0.1) is 0 Å². The summed E-state index contributed by atoms with van der Waals surface area (Å²) in [6.45, 7) is 5.13. The van der Waals surface area contributed by atoms with E-state index >= 15 is 0 Å². The average molecular weight is 144 g/mol. The van der Waals surface area contributed by atoms with Crippen molar-refractivity contribution in [2.24, 2.45) is 0 Å². The van der Waals surface area contributed by atoms with Gasteiger partial charge >= 0.3 is 5.97 Å². The Morgan fingerprint density at radius 3 is 2.60 bits per heavy atom. The smallest absolute Gasteiger partial charge is 0.335 e. The third-order valence-corrected chi connectivity index (χ3v) is 1.24. The zero-order chi connectivity index (χ0) is 8.15. The number of hydrogen-bond acceptors (Lipinski definition) is 3. The number of rotatable bonds is 3. The van der Waals surface area contributed by atoms with Crippen molar-refractivity contribution < 1.29 is 14.6 Å². The summed E-state index contributed by atoms with van der Waals surface area (Å²) in [5.41, 5.74) is 0.116. The third kappa shape index (κ3) is 2.19. The molecule has 0 rings (SSSR count). The predicted molar refractivity (Wildman–Crippen MR) is 37.5 cm³/mol. The summed E-state index contributed by atoms with van der Waals surface area (Å²) >= 11 is 0. The Hall–Kier alpha value is -0.830. The molecule has 1 atom stereocenters. The summed E-state index contributed by atoms with van der Waals surface area (Å²) < 4.78 is 4.34. The van der Waals surface area contributed by atoms with Gasteiger partial charge in [0, 0.05) is 0 Å². The molecule has 0 spiro atoms. The maximum atomic E-state index is 10.6. The van der Waals surface area contributed by atoms with E-state index in [1.807, 2.05) is 0 Å². The van der Waals surface area contributed by atoms with Crippen LogP contribution in [-0.2, 0) is 9.53 Å². The number of aliphatic hydroxyl groups excluding tert-OH is 1. The van der Waals surface area contributed by atoms with Crippen molar-refractivity contribution in [2.75, 3.05) is 7.11 Å². The van der Waals surface area contributed by atoms with Gasteiger partial charge in [-0.2, -0.15) is 0 Å². The average Bonchev–Trinajstić information content (AvgIpc) is 2.00. The summed E-state index contributed by atoms with van der Waals surface area (Å²) in [4.78, 5) is 10.6. The lowest BCUT2D eigenvalue weighted by Crippen LogP contribution is -2.17. The van der Waals surface area contributed by atoms with Gasteiger partial charge in [0.1, 0.15) is 0 Å². The first-order valence-corrected chi connectivity index (χ1v) is 3.08. The van der Waals surface area contributed by atoms with Crippen LogP contribution in [-0.4, -0.2) is 24.3 Å². The molecule has 0 bridgehead atoms. The molecule has 0 aromatic carbocycles. The lowest BCUT2D eigenvalue weighted by atomic mass is 10.1. The van der Waals surface area contributed by atoms with E-state index in [9.17, 15) is 4.79 Å². The van der Waals surface area contributed by atoms with Crippen molar-refractivity contribution in [3.63, 3.8) is 0 Å². The molecule has 0 aromatic rings. The topological polar surface area (TPSA) is 46.5 Å². The molecule has 0 unspecified atom stereocenters. The van der Waals surface area contributed by atoms with E-state index < -0.39 is 12.1 Å². The Kier molecular flexibility index (Phi) is 3.72. The van der Waals surface area contributed by atoms with E-state index in [1.54, 1.807) is 6.92 Å². The SMILES string of the molecule is C=C(C(=O)OC)[C@H](O)CC. The van der Waals surface area contributed by atoms with Gasteiger partial charge in [0.05, 0.1) is 18.8 Å². The van der Waals surface area contributed by atoms with E-state index in [1.165, 1.54) is 7.11 Å². The number of carbonyl (C=O) groups excluding carboxylic acids is 1. The number of aliphatic hydroxyl groups is 1. The number of esters is 1. The van der Waals surface area contributed by atoms with E-state index in [0.717, 1.165) is 0 Å². The molecule has 1 N–H and O–H groups in total. The van der Waals surface area contributed by atoms with Crippen LogP contribution in [0.15, 0.2) is 12.2 Å². The Labute approximate surface area is 60.3 Å². The Morgan fingerprint density at radius 1 is 1.80 bits per heavy atom. The molecule has 0 aliphatic heterocycles. The van der Waals surface area contributed by atoms with E-state index in [-0.39, 0.29) is 5.57 Å². The van der Waals surface area contributed by atoms with Gasteiger partial charge in [-0.25, -0.2) is 4.79 Å². The number of carbonyl (C=O) groups is 1. The minimum absolute atomic E-state index is 0.116. The largest absolute Gasteiger partial charge is 0.466 e. The Balaban J connectivity index is 3.95. The Bertz CT molecular complexity index is 140. The second-order valence-electron chi connectivity index (χ2n) is 1.94. The molecule has 0 saturated carbocycles. The molecule has 58 valence electrons. The van der Waals surface area contributed by atoms with E-state index in [4.69, 9.17) is 5.11 Å². The zero-order valence-electron chi connectivity index (χ0n) is 6.26.